The van der Waals surface area contributed by atoms with Crippen molar-refractivity contribution < 1.29 is 4.79 Å². The van der Waals surface area contributed by atoms with E-state index in [2.05, 4.69) is 28.7 Å². The number of fused-ring (bicyclic) bond motifs is 1. The maximum atomic E-state index is 12.2. The first-order valence-electron chi connectivity index (χ1n) is 7.05. The Labute approximate surface area is 127 Å². The minimum Gasteiger partial charge on any atom is -0.349 e. The number of hydrogen-bond acceptors (Lipinski definition) is 4. The van der Waals surface area contributed by atoms with Crippen molar-refractivity contribution >= 4 is 28.6 Å². The lowest BCUT2D eigenvalue weighted by atomic mass is 9.94. The third-order valence-corrected chi connectivity index (χ3v) is 5.67. The van der Waals surface area contributed by atoms with Crippen LogP contribution in [0.15, 0.2) is 16.8 Å². The first kappa shape index (κ1) is 13.8. The summed E-state index contributed by atoms with van der Waals surface area (Å²) in [7, 11) is 0. The van der Waals surface area contributed by atoms with Crippen LogP contribution in [0.4, 0.5) is 0 Å². The highest BCUT2D eigenvalue weighted by Gasteiger charge is 2.22. The van der Waals surface area contributed by atoms with Crippen molar-refractivity contribution in [2.75, 3.05) is 0 Å². The Bertz CT molecular complexity index is 603. The third kappa shape index (κ3) is 2.94. The van der Waals surface area contributed by atoms with E-state index in [1.807, 2.05) is 5.38 Å². The molecule has 1 N–H and O–H groups in total. The van der Waals surface area contributed by atoms with E-state index in [4.69, 9.17) is 0 Å². The number of nitrogens with zero attached hydrogens (tertiary/aromatic N) is 1. The maximum absolute atomic E-state index is 12.2. The fourth-order valence-electron chi connectivity index (χ4n) is 2.64. The molecule has 0 fully saturated rings. The summed E-state index contributed by atoms with van der Waals surface area (Å²) in [6.07, 6.45) is 4.70. The number of aromatic nitrogens is 1. The standard InChI is InChI=1S/C15H18N2OS2/c1-2-15-16-10(9-20-15)8-14(18)17-12-4-3-5-13-11(12)6-7-19-13/h6-7,9,12H,2-5,8H2,1H3,(H,17,18). The topological polar surface area (TPSA) is 42.0 Å². The predicted molar refractivity (Wildman–Crippen MR) is 83.3 cm³/mol. The lowest BCUT2D eigenvalue weighted by Gasteiger charge is -2.23. The first-order valence-corrected chi connectivity index (χ1v) is 8.81. The summed E-state index contributed by atoms with van der Waals surface area (Å²) >= 11 is 3.44. The van der Waals surface area contributed by atoms with E-state index in [0.717, 1.165) is 36.4 Å². The van der Waals surface area contributed by atoms with Crippen LogP contribution in [-0.2, 0) is 24.1 Å². The first-order chi connectivity index (χ1) is 9.76. The average Bonchev–Trinajstić information content (AvgIpc) is 3.07. The number of hydrogen-bond donors (Lipinski definition) is 1. The molecule has 1 atom stereocenters. The zero-order chi connectivity index (χ0) is 13.9. The molecule has 1 aliphatic rings. The van der Waals surface area contributed by atoms with Crippen molar-refractivity contribution in [2.45, 2.75) is 45.1 Å². The monoisotopic (exact) mass is 306 g/mol. The van der Waals surface area contributed by atoms with Gasteiger partial charge < -0.3 is 5.32 Å². The lowest BCUT2D eigenvalue weighted by Crippen LogP contribution is -2.31. The van der Waals surface area contributed by atoms with E-state index < -0.39 is 0 Å². The quantitative estimate of drug-likeness (QED) is 0.939. The smallest absolute Gasteiger partial charge is 0.226 e. The van der Waals surface area contributed by atoms with E-state index in [1.165, 1.54) is 10.4 Å². The molecule has 1 amide bonds. The van der Waals surface area contributed by atoms with Gasteiger partial charge in [-0.25, -0.2) is 4.98 Å². The second kappa shape index (κ2) is 6.06. The van der Waals surface area contributed by atoms with Crippen LogP contribution in [0.25, 0.3) is 0 Å². The Balaban J connectivity index is 1.62. The van der Waals surface area contributed by atoms with Crippen molar-refractivity contribution in [3.8, 4) is 0 Å². The van der Waals surface area contributed by atoms with Crippen molar-refractivity contribution in [3.63, 3.8) is 0 Å². The van der Waals surface area contributed by atoms with Gasteiger partial charge >= 0.3 is 0 Å². The van der Waals surface area contributed by atoms with Crippen molar-refractivity contribution in [1.82, 2.24) is 10.3 Å². The van der Waals surface area contributed by atoms with Gasteiger partial charge in [0.25, 0.3) is 0 Å². The van der Waals surface area contributed by atoms with Crippen LogP contribution < -0.4 is 5.32 Å². The van der Waals surface area contributed by atoms with Crippen LogP contribution in [0, 0.1) is 0 Å². The molecule has 0 spiro atoms. The summed E-state index contributed by atoms with van der Waals surface area (Å²) in [5.74, 6) is 0.0852. The number of thiophene rings is 1. The van der Waals surface area contributed by atoms with Crippen molar-refractivity contribution in [1.29, 1.82) is 0 Å². The van der Waals surface area contributed by atoms with E-state index in [9.17, 15) is 4.79 Å². The highest BCUT2D eigenvalue weighted by molar-refractivity contribution is 7.10. The van der Waals surface area contributed by atoms with Crippen molar-refractivity contribution in [3.05, 3.63) is 38.0 Å². The third-order valence-electron chi connectivity index (χ3n) is 3.63. The molecule has 2 heterocycles. The second-order valence-corrected chi connectivity index (χ2v) is 7.02. The summed E-state index contributed by atoms with van der Waals surface area (Å²) in [5.41, 5.74) is 2.22. The molecule has 2 aromatic heterocycles. The molecule has 0 aromatic carbocycles. The maximum Gasteiger partial charge on any atom is 0.226 e. The van der Waals surface area contributed by atoms with Gasteiger partial charge in [0.15, 0.2) is 0 Å². The summed E-state index contributed by atoms with van der Waals surface area (Å²) < 4.78 is 0. The highest BCUT2D eigenvalue weighted by Crippen LogP contribution is 2.33. The number of rotatable bonds is 4. The fraction of sp³-hybridized carbons (Fsp3) is 0.467. The fourth-order valence-corrected chi connectivity index (χ4v) is 4.37. The van der Waals surface area contributed by atoms with Crippen LogP contribution in [0.3, 0.4) is 0 Å². The predicted octanol–water partition coefficient (Wildman–Crippen LogP) is 3.50. The van der Waals surface area contributed by atoms with Gasteiger partial charge in [0.2, 0.25) is 5.91 Å². The van der Waals surface area contributed by atoms with Gasteiger partial charge in [-0.15, -0.1) is 22.7 Å². The Morgan fingerprint density at radius 3 is 3.20 bits per heavy atom. The molecular formula is C15H18N2OS2. The molecule has 3 nitrogen and oxygen atoms in total. The molecule has 2 aromatic rings. The Hall–Kier alpha value is -1.20. The lowest BCUT2D eigenvalue weighted by molar-refractivity contribution is -0.121. The van der Waals surface area contributed by atoms with E-state index in [0.29, 0.717) is 6.42 Å². The normalized spacial score (nSPS) is 17.8. The molecule has 3 rings (SSSR count). The van der Waals surface area contributed by atoms with Crippen LogP contribution >= 0.6 is 22.7 Å². The molecule has 0 saturated heterocycles. The number of aryl methyl sites for hydroxylation is 2. The molecule has 20 heavy (non-hydrogen) atoms. The molecule has 1 unspecified atom stereocenters. The zero-order valence-electron chi connectivity index (χ0n) is 11.5. The average molecular weight is 306 g/mol. The van der Waals surface area contributed by atoms with Gasteiger partial charge in [0.1, 0.15) is 0 Å². The van der Waals surface area contributed by atoms with Crippen molar-refractivity contribution in [2.24, 2.45) is 0 Å². The summed E-state index contributed by atoms with van der Waals surface area (Å²) in [6.45, 7) is 2.09. The number of carbonyl (C=O) groups is 1. The van der Waals surface area contributed by atoms with Gasteiger partial charge in [-0.1, -0.05) is 6.92 Å². The summed E-state index contributed by atoms with van der Waals surface area (Å²) in [6, 6.07) is 2.35. The molecular weight excluding hydrogens is 288 g/mol. The molecule has 0 aliphatic heterocycles. The summed E-state index contributed by atoms with van der Waals surface area (Å²) in [4.78, 5) is 18.1. The molecule has 0 saturated carbocycles. The highest BCUT2D eigenvalue weighted by atomic mass is 32.1. The molecule has 1 aliphatic carbocycles. The Morgan fingerprint density at radius 1 is 1.50 bits per heavy atom. The van der Waals surface area contributed by atoms with Gasteiger partial charge in [0.05, 0.1) is 23.2 Å². The number of thiazole rings is 1. The molecule has 0 radical (unpaired) electrons. The van der Waals surface area contributed by atoms with E-state index in [-0.39, 0.29) is 11.9 Å². The SMILES string of the molecule is CCc1nc(CC(=O)NC2CCCc3sccc32)cs1. The van der Waals surface area contributed by atoms with Crippen LogP contribution in [0.1, 0.15) is 46.9 Å². The minimum atomic E-state index is 0.0852. The Kier molecular flexibility index (Phi) is 4.17. The minimum absolute atomic E-state index is 0.0852. The van der Waals surface area contributed by atoms with Gasteiger partial charge in [-0.05, 0) is 42.7 Å². The van der Waals surface area contributed by atoms with E-state index >= 15 is 0 Å². The van der Waals surface area contributed by atoms with Gasteiger partial charge in [-0.2, -0.15) is 0 Å². The van der Waals surface area contributed by atoms with Gasteiger partial charge in [0, 0.05) is 10.3 Å². The largest absolute Gasteiger partial charge is 0.349 e. The van der Waals surface area contributed by atoms with Crippen LogP contribution in [0.2, 0.25) is 0 Å². The molecule has 106 valence electrons. The summed E-state index contributed by atoms with van der Waals surface area (Å²) in [5, 5.41) is 8.40. The van der Waals surface area contributed by atoms with Crippen LogP contribution in [0.5, 0.6) is 0 Å². The second-order valence-electron chi connectivity index (χ2n) is 5.07. The molecule has 5 heteroatoms. The van der Waals surface area contributed by atoms with E-state index in [1.54, 1.807) is 22.7 Å². The zero-order valence-corrected chi connectivity index (χ0v) is 13.1. The van der Waals surface area contributed by atoms with Crippen LogP contribution in [-0.4, -0.2) is 10.9 Å². The number of carbonyl (C=O) groups excluding carboxylic acids is 1. The molecule has 0 bridgehead atoms. The Morgan fingerprint density at radius 2 is 2.40 bits per heavy atom. The number of amides is 1. The number of nitrogens with one attached hydrogen (secondary N) is 1. The van der Waals surface area contributed by atoms with Gasteiger partial charge in [-0.3, -0.25) is 4.79 Å².